The van der Waals surface area contributed by atoms with E-state index in [1.807, 2.05) is 36.6 Å². The van der Waals surface area contributed by atoms with Gasteiger partial charge >= 0.3 is 0 Å². The molecule has 0 aliphatic rings. The molecule has 146 valence electrons. The first-order chi connectivity index (χ1) is 13.7. The van der Waals surface area contributed by atoms with E-state index in [4.69, 9.17) is 0 Å². The number of nitrogens with one attached hydrogen (secondary N) is 2. The van der Waals surface area contributed by atoms with E-state index in [0.717, 1.165) is 35.4 Å². The number of hydrogen-bond acceptors (Lipinski definition) is 6. The lowest BCUT2D eigenvalue weighted by Crippen LogP contribution is -2.25. The van der Waals surface area contributed by atoms with Crippen molar-refractivity contribution in [3.8, 4) is 0 Å². The third kappa shape index (κ3) is 5.10. The third-order valence-corrected chi connectivity index (χ3v) is 4.60. The average molecular weight is 397 g/mol. The zero-order chi connectivity index (χ0) is 19.8. The molecule has 0 aliphatic carbocycles. The van der Waals surface area contributed by atoms with Gasteiger partial charge in [0.1, 0.15) is 5.82 Å². The minimum Gasteiger partial charge on any atom is -0.369 e. The molecular weight excluding hydrogens is 372 g/mol. The summed E-state index contributed by atoms with van der Waals surface area (Å²) in [4.78, 5) is 21.1. The molecule has 0 aliphatic heterocycles. The number of benzene rings is 1. The minimum absolute atomic E-state index is 0.134. The normalized spacial score (nSPS) is 11.2. The van der Waals surface area contributed by atoms with Crippen LogP contribution >= 0.6 is 11.8 Å². The van der Waals surface area contributed by atoms with E-state index in [1.54, 1.807) is 17.0 Å². The van der Waals surface area contributed by atoms with Crippen LogP contribution in [-0.2, 0) is 11.3 Å². The van der Waals surface area contributed by atoms with Gasteiger partial charge in [-0.25, -0.2) is 14.6 Å². The Balaban J connectivity index is 1.64. The first-order valence-corrected chi connectivity index (χ1v) is 10.5. The van der Waals surface area contributed by atoms with Crippen molar-refractivity contribution in [1.82, 2.24) is 25.1 Å². The Bertz CT molecular complexity index is 954. The highest BCUT2D eigenvalue weighted by Gasteiger charge is 2.12. The summed E-state index contributed by atoms with van der Waals surface area (Å²) >= 11 is 1.49. The van der Waals surface area contributed by atoms with Crippen LogP contribution < -0.4 is 10.6 Å². The first-order valence-electron chi connectivity index (χ1n) is 9.23. The Labute approximate surface area is 168 Å². The number of carbonyl (C=O) groups is 1. The Hall–Kier alpha value is -2.87. The molecule has 0 radical (unpaired) electrons. The summed E-state index contributed by atoms with van der Waals surface area (Å²) in [7, 11) is 0. The second kappa shape index (κ2) is 9.89. The fraction of sp³-hybridized carbons (Fsp3) is 0.300. The van der Waals surface area contributed by atoms with E-state index in [0.29, 0.717) is 18.2 Å². The summed E-state index contributed by atoms with van der Waals surface area (Å²) in [5.41, 5.74) is 1.76. The lowest BCUT2D eigenvalue weighted by Gasteiger charge is -2.08. The van der Waals surface area contributed by atoms with Crippen molar-refractivity contribution in [2.75, 3.05) is 24.7 Å². The predicted molar refractivity (Wildman–Crippen MR) is 114 cm³/mol. The Morgan fingerprint density at radius 3 is 2.79 bits per heavy atom. The van der Waals surface area contributed by atoms with Crippen LogP contribution in [0, 0.1) is 0 Å². The molecule has 0 bridgehead atoms. The lowest BCUT2D eigenvalue weighted by molar-refractivity contribution is -0.116. The maximum absolute atomic E-state index is 12.0. The van der Waals surface area contributed by atoms with E-state index in [-0.39, 0.29) is 5.91 Å². The van der Waals surface area contributed by atoms with Gasteiger partial charge in [0.2, 0.25) is 5.91 Å². The van der Waals surface area contributed by atoms with Crippen LogP contribution in [-0.4, -0.2) is 45.0 Å². The van der Waals surface area contributed by atoms with Crippen LogP contribution in [0.15, 0.2) is 47.8 Å². The second-order valence-corrected chi connectivity index (χ2v) is 6.90. The largest absolute Gasteiger partial charge is 0.369 e. The van der Waals surface area contributed by atoms with Crippen molar-refractivity contribution in [2.24, 2.45) is 0 Å². The summed E-state index contributed by atoms with van der Waals surface area (Å²) in [6.07, 6.45) is 8.07. The molecule has 3 rings (SSSR count). The lowest BCUT2D eigenvalue weighted by atomic mass is 10.2. The molecule has 1 amide bonds. The van der Waals surface area contributed by atoms with Gasteiger partial charge in [0, 0.05) is 19.2 Å². The quantitative estimate of drug-likeness (QED) is 0.328. The Morgan fingerprint density at radius 1 is 1.21 bits per heavy atom. The van der Waals surface area contributed by atoms with Gasteiger partial charge in [-0.15, -0.1) is 0 Å². The molecule has 0 spiro atoms. The van der Waals surface area contributed by atoms with E-state index in [2.05, 4.69) is 32.6 Å². The van der Waals surface area contributed by atoms with Gasteiger partial charge in [-0.3, -0.25) is 4.79 Å². The van der Waals surface area contributed by atoms with Crippen LogP contribution in [0.25, 0.3) is 17.1 Å². The highest BCUT2D eigenvalue weighted by Crippen LogP contribution is 2.23. The van der Waals surface area contributed by atoms with Gasteiger partial charge in [-0.2, -0.15) is 5.10 Å². The van der Waals surface area contributed by atoms with Crippen molar-refractivity contribution < 1.29 is 4.79 Å². The van der Waals surface area contributed by atoms with Crippen molar-refractivity contribution >= 4 is 40.6 Å². The predicted octanol–water partition coefficient (Wildman–Crippen LogP) is 3.20. The molecule has 0 saturated carbocycles. The molecule has 7 nitrogen and oxygen atoms in total. The van der Waals surface area contributed by atoms with E-state index in [1.165, 1.54) is 17.8 Å². The molecule has 2 aromatic heterocycles. The number of aromatic nitrogens is 4. The summed E-state index contributed by atoms with van der Waals surface area (Å²) in [5, 5.41) is 12.2. The molecule has 2 N–H and O–H groups in total. The van der Waals surface area contributed by atoms with E-state index in [9.17, 15) is 4.79 Å². The van der Waals surface area contributed by atoms with Crippen molar-refractivity contribution in [1.29, 1.82) is 0 Å². The molecule has 28 heavy (non-hydrogen) atoms. The van der Waals surface area contributed by atoms with Gasteiger partial charge in [-0.05, 0) is 24.3 Å². The number of anilines is 1. The maximum Gasteiger partial charge on any atom is 0.244 e. The van der Waals surface area contributed by atoms with Crippen LogP contribution in [0.5, 0.6) is 0 Å². The minimum atomic E-state index is -0.134. The third-order valence-electron chi connectivity index (χ3n) is 4.05. The van der Waals surface area contributed by atoms with Crippen LogP contribution in [0.3, 0.4) is 0 Å². The molecule has 0 fully saturated rings. The first kappa shape index (κ1) is 19.9. The molecule has 0 unspecified atom stereocenters. The summed E-state index contributed by atoms with van der Waals surface area (Å²) in [6.45, 7) is 3.95. The van der Waals surface area contributed by atoms with Gasteiger partial charge in [0.15, 0.2) is 10.8 Å². The molecule has 0 saturated heterocycles. The molecule has 2 heterocycles. The molecule has 8 heteroatoms. The van der Waals surface area contributed by atoms with Gasteiger partial charge in [0.25, 0.3) is 0 Å². The number of thioether (sulfide) groups is 1. The highest BCUT2D eigenvalue weighted by molar-refractivity contribution is 7.98. The summed E-state index contributed by atoms with van der Waals surface area (Å²) < 4.78 is 1.80. The number of hydrogen-bond donors (Lipinski definition) is 2. The topological polar surface area (TPSA) is 84.7 Å². The molecule has 0 atom stereocenters. The standard InChI is InChI=1S/C20H24N6OS/c1-3-11-22-18-16-14-23-26(19(16)25-20(24-18)28-2)13-12-21-17(27)10-9-15-7-5-4-6-8-15/h4-10,14H,3,11-13H2,1-2H3,(H,21,27)(H,22,24,25). The monoisotopic (exact) mass is 396 g/mol. The number of fused-ring (bicyclic) bond motifs is 1. The zero-order valence-corrected chi connectivity index (χ0v) is 16.9. The molecular formula is C20H24N6OS. The molecule has 3 aromatic rings. The van der Waals surface area contributed by atoms with Crippen molar-refractivity contribution in [3.63, 3.8) is 0 Å². The van der Waals surface area contributed by atoms with Crippen molar-refractivity contribution in [3.05, 3.63) is 48.2 Å². The van der Waals surface area contributed by atoms with Crippen LogP contribution in [0.4, 0.5) is 5.82 Å². The fourth-order valence-corrected chi connectivity index (χ4v) is 3.01. The SMILES string of the molecule is CCCNc1nc(SC)nc2c1cnn2CCNC(=O)C=Cc1ccccc1. The maximum atomic E-state index is 12.0. The molecule has 1 aromatic carbocycles. The Kier molecular flexibility index (Phi) is 7.02. The number of nitrogens with zero attached hydrogens (tertiary/aromatic N) is 4. The fourth-order valence-electron chi connectivity index (χ4n) is 2.65. The van der Waals surface area contributed by atoms with Gasteiger partial charge in [0.05, 0.1) is 18.1 Å². The van der Waals surface area contributed by atoms with Gasteiger partial charge in [-0.1, -0.05) is 49.0 Å². The van der Waals surface area contributed by atoms with Crippen molar-refractivity contribution in [2.45, 2.75) is 25.0 Å². The van der Waals surface area contributed by atoms with Gasteiger partial charge < -0.3 is 10.6 Å². The second-order valence-electron chi connectivity index (χ2n) is 6.13. The van der Waals surface area contributed by atoms with E-state index >= 15 is 0 Å². The Morgan fingerprint density at radius 2 is 2.04 bits per heavy atom. The highest BCUT2D eigenvalue weighted by atomic mass is 32.2. The zero-order valence-electron chi connectivity index (χ0n) is 16.1. The summed E-state index contributed by atoms with van der Waals surface area (Å²) in [5.74, 6) is 0.669. The number of amides is 1. The van der Waals surface area contributed by atoms with Crippen LogP contribution in [0.1, 0.15) is 18.9 Å². The van der Waals surface area contributed by atoms with E-state index < -0.39 is 0 Å². The summed E-state index contributed by atoms with van der Waals surface area (Å²) in [6, 6.07) is 9.73. The number of rotatable bonds is 9. The number of carbonyl (C=O) groups excluding carboxylic acids is 1. The van der Waals surface area contributed by atoms with Crippen LogP contribution in [0.2, 0.25) is 0 Å². The average Bonchev–Trinajstić information content (AvgIpc) is 3.14. The smallest absolute Gasteiger partial charge is 0.244 e.